The molecule has 0 saturated carbocycles. The zero-order valence-electron chi connectivity index (χ0n) is 40.8. The topological polar surface area (TPSA) is 94.3 Å². The van der Waals surface area contributed by atoms with Crippen molar-refractivity contribution in [2.45, 2.75) is 6.18 Å². The number of rotatable bonds is 7. The first-order chi connectivity index (χ1) is 38.0. The van der Waals surface area contributed by atoms with Crippen LogP contribution in [0.2, 0.25) is 0 Å². The lowest BCUT2D eigenvalue weighted by molar-refractivity contribution is -0.137. The van der Waals surface area contributed by atoms with Gasteiger partial charge in [0.15, 0.2) is 17.1 Å². The molecule has 0 aliphatic rings. The average Bonchev–Trinajstić information content (AvgIpc) is 4.10. The highest BCUT2D eigenvalue weighted by Gasteiger charge is 2.35. The minimum absolute atomic E-state index is 0.0335. The fourth-order valence-corrected chi connectivity index (χ4v) is 10.6. The molecule has 0 N–H and O–H groups in total. The number of nitrogens with zero attached hydrogens (tertiary/aromatic N) is 8. The molecule has 2 heterocycles. The molecule has 12 rings (SSSR count). The molecule has 10 aromatic carbocycles. The lowest BCUT2D eigenvalue weighted by Gasteiger charge is -2.21. The molecule has 0 atom stereocenters. The Labute approximate surface area is 444 Å². The van der Waals surface area contributed by atoms with Crippen LogP contribution in [-0.2, 0) is 6.18 Å². The van der Waals surface area contributed by atoms with E-state index >= 15 is 13.2 Å². The van der Waals surface area contributed by atoms with Crippen LogP contribution in [0.15, 0.2) is 200 Å². The Balaban J connectivity index is 1.25. The lowest BCUT2D eigenvalue weighted by atomic mass is 9.94. The molecule has 78 heavy (non-hydrogen) atoms. The van der Waals surface area contributed by atoms with Gasteiger partial charge in [0.05, 0.1) is 82.0 Å². The maximum absolute atomic E-state index is 15.6. The summed E-state index contributed by atoms with van der Waals surface area (Å²) in [5.74, 6) is 0. The van der Waals surface area contributed by atoms with Gasteiger partial charge in [-0.1, -0.05) is 140 Å². The van der Waals surface area contributed by atoms with Gasteiger partial charge in [-0.2, -0.15) is 29.0 Å². The first-order valence-corrected chi connectivity index (χ1v) is 24.3. The molecule has 0 aliphatic carbocycles. The predicted molar refractivity (Wildman–Crippen MR) is 300 cm³/mol. The Kier molecular flexibility index (Phi) is 11.4. The minimum Gasteiger partial charge on any atom is -0.308 e. The summed E-state index contributed by atoms with van der Waals surface area (Å²) in [6, 6.07) is 65.9. The molecule has 2 aromatic heterocycles. The van der Waals surface area contributed by atoms with E-state index in [1.54, 1.807) is 60.7 Å². The second kappa shape index (κ2) is 18.8. The second-order valence-corrected chi connectivity index (χ2v) is 18.6. The van der Waals surface area contributed by atoms with E-state index in [1.165, 1.54) is 12.1 Å². The highest BCUT2D eigenvalue weighted by Crippen LogP contribution is 2.47. The molecule has 8 nitrogen and oxygen atoms in total. The fraction of sp³-hybridized carbons (Fsp3) is 0.0149. The summed E-state index contributed by atoms with van der Waals surface area (Å²) >= 11 is 0. The molecule has 0 saturated heterocycles. The van der Waals surface area contributed by atoms with Crippen LogP contribution >= 0.6 is 0 Å². The third kappa shape index (κ3) is 7.99. The third-order valence-corrected chi connectivity index (χ3v) is 14.3. The first kappa shape index (κ1) is 47.5. The Morgan fingerprint density at radius 1 is 0.372 bits per heavy atom. The van der Waals surface area contributed by atoms with E-state index in [1.807, 2.05) is 130 Å². The van der Waals surface area contributed by atoms with Gasteiger partial charge < -0.3 is 9.13 Å². The Bertz CT molecular complexity index is 4260. The Hall–Kier alpha value is -11.5. The first-order valence-electron chi connectivity index (χ1n) is 24.3. The van der Waals surface area contributed by atoms with Gasteiger partial charge in [0, 0.05) is 21.5 Å². The summed E-state index contributed by atoms with van der Waals surface area (Å²) in [4.78, 5) is 10.8. The number of hydrogen-bond acceptors (Lipinski definition) is 3. The van der Waals surface area contributed by atoms with Crippen molar-refractivity contribution in [2.24, 2.45) is 0 Å². The summed E-state index contributed by atoms with van der Waals surface area (Å²) in [6.07, 6.45) is -4.90. The van der Waals surface area contributed by atoms with Crippen LogP contribution in [0.4, 0.5) is 30.2 Å². The molecular weight excluding hydrogens is 974 g/mol. The van der Waals surface area contributed by atoms with E-state index in [0.29, 0.717) is 44.6 Å². The molecule has 0 aliphatic heterocycles. The number of hydrogen-bond donors (Lipinski definition) is 0. The Morgan fingerprint density at radius 3 is 1.03 bits per heavy atom. The molecular formula is C67H33F3N8. The number of fused-ring (bicyclic) bond motifs is 6. The smallest absolute Gasteiger partial charge is 0.308 e. The van der Waals surface area contributed by atoms with E-state index in [4.69, 9.17) is 19.7 Å². The van der Waals surface area contributed by atoms with Gasteiger partial charge in [-0.25, -0.2) is 14.5 Å². The van der Waals surface area contributed by atoms with E-state index < -0.39 is 11.7 Å². The minimum atomic E-state index is -4.90. The van der Waals surface area contributed by atoms with Gasteiger partial charge in [0.1, 0.15) is 11.6 Å². The molecule has 0 fully saturated rings. The Morgan fingerprint density at radius 2 is 0.718 bits per heavy atom. The van der Waals surface area contributed by atoms with E-state index in [2.05, 4.69) is 32.7 Å². The van der Waals surface area contributed by atoms with Crippen LogP contribution in [0, 0.1) is 53.7 Å². The molecule has 12 aromatic rings. The quantitative estimate of drug-likeness (QED) is 0.149. The third-order valence-electron chi connectivity index (χ3n) is 14.3. The highest BCUT2D eigenvalue weighted by molar-refractivity contribution is 6.13. The SMILES string of the molecule is [C-]#[N+]c1ccc(-c2ccc3c4ccc(-c5ccc(C#N)cc5)cc4n(-c4cc(-c5c([N+]#[C-])cccc5C(F)(F)F)cc(-n5c6cc(-c7ccc(C#N)cc7)ccc6c6ccc(-c7ccc([N+]#[C-])cc7)cc65)c4C#N)c3c2)cc1. The molecule has 11 heteroatoms. The van der Waals surface area contributed by atoms with Gasteiger partial charge >= 0.3 is 6.18 Å². The van der Waals surface area contributed by atoms with Gasteiger partial charge in [0.25, 0.3) is 0 Å². The van der Waals surface area contributed by atoms with Crippen LogP contribution in [0.5, 0.6) is 0 Å². The van der Waals surface area contributed by atoms with Gasteiger partial charge in [0.2, 0.25) is 0 Å². The molecule has 0 radical (unpaired) electrons. The summed E-state index contributed by atoms with van der Waals surface area (Å²) in [5.41, 5.74) is 9.66. The van der Waals surface area contributed by atoms with Crippen molar-refractivity contribution >= 4 is 60.7 Å². The van der Waals surface area contributed by atoms with Crippen LogP contribution in [0.25, 0.3) is 125 Å². The van der Waals surface area contributed by atoms with E-state index in [-0.39, 0.29) is 33.8 Å². The maximum atomic E-state index is 15.6. The van der Waals surface area contributed by atoms with Crippen LogP contribution in [-0.4, -0.2) is 9.13 Å². The van der Waals surface area contributed by atoms with Crippen molar-refractivity contribution in [3.8, 4) is 85.2 Å². The molecule has 0 spiro atoms. The monoisotopic (exact) mass is 1010 g/mol. The van der Waals surface area contributed by atoms with Crippen LogP contribution in [0.3, 0.4) is 0 Å². The molecule has 0 unspecified atom stereocenters. The number of aromatic nitrogens is 2. The van der Waals surface area contributed by atoms with Crippen molar-refractivity contribution in [1.82, 2.24) is 9.13 Å². The highest BCUT2D eigenvalue weighted by atomic mass is 19.4. The van der Waals surface area contributed by atoms with Crippen molar-refractivity contribution in [1.29, 1.82) is 15.8 Å². The van der Waals surface area contributed by atoms with Gasteiger partial charge in [-0.15, -0.1) is 0 Å². The van der Waals surface area contributed by atoms with Crippen molar-refractivity contribution in [2.75, 3.05) is 0 Å². The number of nitriles is 3. The average molecular weight is 1010 g/mol. The molecule has 362 valence electrons. The van der Waals surface area contributed by atoms with E-state index in [0.717, 1.165) is 72.1 Å². The number of halogens is 3. The fourth-order valence-electron chi connectivity index (χ4n) is 10.6. The molecule has 0 amide bonds. The lowest BCUT2D eigenvalue weighted by Crippen LogP contribution is -2.09. The summed E-state index contributed by atoms with van der Waals surface area (Å²) in [5, 5.41) is 34.4. The standard InChI is InChI=1S/C67H33F3N8/c1-74-51-23-15-44(16-24-51)48-21-29-55-53-27-19-46(42-11-7-40(37-71)8-12-42)31-60(53)77(62(55)33-48)64-35-50(66-58(67(68,69)70)5-4-6-59(66)76-3)36-65(57(64)39-73)78-61-32-47(43-13-9-41(38-72)10-14-43)20-28-54(61)56-30-22-49(34-63(56)78)45-17-25-52(75-2)26-18-45/h4-36H. The largest absolute Gasteiger partial charge is 0.415 e. The zero-order valence-corrected chi connectivity index (χ0v) is 40.8. The van der Waals surface area contributed by atoms with Crippen molar-refractivity contribution < 1.29 is 13.2 Å². The van der Waals surface area contributed by atoms with Gasteiger partial charge in [-0.3, -0.25) is 0 Å². The van der Waals surface area contributed by atoms with Crippen LogP contribution in [0.1, 0.15) is 22.3 Å². The van der Waals surface area contributed by atoms with E-state index in [9.17, 15) is 15.8 Å². The maximum Gasteiger partial charge on any atom is 0.415 e. The van der Waals surface area contributed by atoms with Gasteiger partial charge in [-0.05, 0) is 116 Å². The summed E-state index contributed by atoms with van der Waals surface area (Å²) in [7, 11) is 0. The zero-order chi connectivity index (χ0) is 53.8. The number of benzene rings is 10. The molecule has 0 bridgehead atoms. The predicted octanol–water partition coefficient (Wildman–Crippen LogP) is 18.5. The summed E-state index contributed by atoms with van der Waals surface area (Å²) < 4.78 is 50.5. The normalized spacial score (nSPS) is 11.2. The van der Waals surface area contributed by atoms with Crippen molar-refractivity contribution in [3.63, 3.8) is 0 Å². The number of alkyl halides is 3. The van der Waals surface area contributed by atoms with Crippen molar-refractivity contribution in [3.05, 3.63) is 257 Å². The summed E-state index contributed by atoms with van der Waals surface area (Å²) in [6.45, 7) is 23.4. The van der Waals surface area contributed by atoms with Crippen LogP contribution < -0.4 is 0 Å². The second-order valence-electron chi connectivity index (χ2n) is 18.6.